The Labute approximate surface area is 101 Å². The SMILES string of the molecule is CCOC(=O)C(C)N(C)CCc1cccs1. The van der Waals surface area contributed by atoms with E-state index in [9.17, 15) is 4.79 Å². The fourth-order valence-electron chi connectivity index (χ4n) is 1.38. The van der Waals surface area contributed by atoms with Gasteiger partial charge in [-0.1, -0.05) is 6.07 Å². The van der Waals surface area contributed by atoms with Crippen molar-refractivity contribution in [1.82, 2.24) is 4.90 Å². The number of likely N-dealkylation sites (N-methyl/N-ethyl adjacent to an activating group) is 1. The molecule has 3 nitrogen and oxygen atoms in total. The van der Waals surface area contributed by atoms with Crippen LogP contribution in [0.4, 0.5) is 0 Å². The van der Waals surface area contributed by atoms with Gasteiger partial charge in [-0.25, -0.2) is 0 Å². The van der Waals surface area contributed by atoms with Crippen LogP contribution in [-0.2, 0) is 16.0 Å². The lowest BCUT2D eigenvalue weighted by molar-refractivity contribution is -0.148. The molecule has 0 fully saturated rings. The number of thiophene rings is 1. The molecule has 1 atom stereocenters. The van der Waals surface area contributed by atoms with Crippen LogP contribution in [-0.4, -0.2) is 37.1 Å². The fourth-order valence-corrected chi connectivity index (χ4v) is 2.08. The molecule has 1 aromatic heterocycles. The normalized spacial score (nSPS) is 12.8. The third-order valence-corrected chi connectivity index (χ3v) is 3.52. The minimum atomic E-state index is -0.167. The van der Waals surface area contributed by atoms with Gasteiger partial charge in [-0.15, -0.1) is 11.3 Å². The molecule has 90 valence electrons. The zero-order chi connectivity index (χ0) is 12.0. The Bertz CT molecular complexity index is 311. The summed E-state index contributed by atoms with van der Waals surface area (Å²) in [5.74, 6) is -0.142. The Morgan fingerprint density at radius 2 is 2.38 bits per heavy atom. The molecule has 0 amide bonds. The lowest BCUT2D eigenvalue weighted by atomic mass is 10.2. The minimum Gasteiger partial charge on any atom is -0.465 e. The monoisotopic (exact) mass is 241 g/mol. The van der Waals surface area contributed by atoms with Gasteiger partial charge in [0.1, 0.15) is 6.04 Å². The summed E-state index contributed by atoms with van der Waals surface area (Å²) >= 11 is 1.75. The van der Waals surface area contributed by atoms with Crippen LogP contribution in [0.1, 0.15) is 18.7 Å². The lowest BCUT2D eigenvalue weighted by Gasteiger charge is -2.22. The highest BCUT2D eigenvalue weighted by molar-refractivity contribution is 7.09. The van der Waals surface area contributed by atoms with Gasteiger partial charge >= 0.3 is 5.97 Å². The molecule has 1 unspecified atom stereocenters. The van der Waals surface area contributed by atoms with E-state index in [0.29, 0.717) is 6.61 Å². The van der Waals surface area contributed by atoms with Crippen molar-refractivity contribution in [3.63, 3.8) is 0 Å². The summed E-state index contributed by atoms with van der Waals surface area (Å²) < 4.78 is 4.98. The lowest BCUT2D eigenvalue weighted by Crippen LogP contribution is -2.38. The van der Waals surface area contributed by atoms with Crippen LogP contribution in [0.2, 0.25) is 0 Å². The van der Waals surface area contributed by atoms with E-state index in [1.54, 1.807) is 11.3 Å². The van der Waals surface area contributed by atoms with Crippen LogP contribution in [0.5, 0.6) is 0 Å². The van der Waals surface area contributed by atoms with Crippen LogP contribution < -0.4 is 0 Å². The quantitative estimate of drug-likeness (QED) is 0.715. The predicted octanol–water partition coefficient (Wildman–Crippen LogP) is 2.17. The molecule has 0 saturated heterocycles. The second-order valence-electron chi connectivity index (χ2n) is 3.74. The Morgan fingerprint density at radius 3 is 2.94 bits per heavy atom. The minimum absolute atomic E-state index is 0.142. The van der Waals surface area contributed by atoms with Crippen LogP contribution in [0.15, 0.2) is 17.5 Å². The highest BCUT2D eigenvalue weighted by Gasteiger charge is 2.18. The number of carbonyl (C=O) groups excluding carboxylic acids is 1. The Balaban J connectivity index is 2.34. The molecule has 0 bridgehead atoms. The number of carbonyl (C=O) groups is 1. The van der Waals surface area contributed by atoms with Gasteiger partial charge in [0.2, 0.25) is 0 Å². The smallest absolute Gasteiger partial charge is 0.323 e. The Hall–Kier alpha value is -0.870. The summed E-state index contributed by atoms with van der Waals surface area (Å²) in [5.41, 5.74) is 0. The van der Waals surface area contributed by atoms with Gasteiger partial charge in [0.15, 0.2) is 0 Å². The van der Waals surface area contributed by atoms with E-state index in [1.807, 2.05) is 25.8 Å². The van der Waals surface area contributed by atoms with Crippen molar-refractivity contribution in [2.24, 2.45) is 0 Å². The van der Waals surface area contributed by atoms with Crippen molar-refractivity contribution in [1.29, 1.82) is 0 Å². The zero-order valence-corrected chi connectivity index (χ0v) is 10.9. The summed E-state index contributed by atoms with van der Waals surface area (Å²) in [7, 11) is 1.95. The van der Waals surface area contributed by atoms with Gasteiger partial charge in [-0.05, 0) is 38.8 Å². The van der Waals surface area contributed by atoms with E-state index in [4.69, 9.17) is 4.74 Å². The number of rotatable bonds is 6. The second-order valence-corrected chi connectivity index (χ2v) is 4.77. The van der Waals surface area contributed by atoms with E-state index in [0.717, 1.165) is 13.0 Å². The standard InChI is InChI=1S/C12H19NO2S/c1-4-15-12(14)10(2)13(3)8-7-11-6-5-9-16-11/h5-6,9-10H,4,7-8H2,1-3H3. The van der Waals surface area contributed by atoms with Crippen molar-refractivity contribution in [3.8, 4) is 0 Å². The molecule has 0 saturated carbocycles. The molecule has 0 radical (unpaired) electrons. The van der Waals surface area contributed by atoms with Gasteiger partial charge in [0.25, 0.3) is 0 Å². The fraction of sp³-hybridized carbons (Fsp3) is 0.583. The molecule has 0 aliphatic heterocycles. The van der Waals surface area contributed by atoms with Gasteiger partial charge in [0, 0.05) is 11.4 Å². The molecule has 0 N–H and O–H groups in total. The summed E-state index contributed by atoms with van der Waals surface area (Å²) in [5, 5.41) is 2.07. The molecule has 0 aromatic carbocycles. The van der Waals surface area contributed by atoms with Crippen LogP contribution in [0.25, 0.3) is 0 Å². The van der Waals surface area contributed by atoms with Crippen molar-refractivity contribution in [2.45, 2.75) is 26.3 Å². The van der Waals surface area contributed by atoms with Gasteiger partial charge in [0.05, 0.1) is 6.61 Å². The predicted molar refractivity (Wildman–Crippen MR) is 66.7 cm³/mol. The van der Waals surface area contributed by atoms with E-state index in [1.165, 1.54) is 4.88 Å². The summed E-state index contributed by atoms with van der Waals surface area (Å²) in [4.78, 5) is 14.9. The number of hydrogen-bond acceptors (Lipinski definition) is 4. The van der Waals surface area contributed by atoms with Crippen molar-refractivity contribution < 1.29 is 9.53 Å². The van der Waals surface area contributed by atoms with Gasteiger partial charge in [-0.2, -0.15) is 0 Å². The van der Waals surface area contributed by atoms with Crippen LogP contribution in [0.3, 0.4) is 0 Å². The number of nitrogens with zero attached hydrogens (tertiary/aromatic N) is 1. The van der Waals surface area contributed by atoms with Crippen molar-refractivity contribution >= 4 is 17.3 Å². The third-order valence-electron chi connectivity index (χ3n) is 2.58. The van der Waals surface area contributed by atoms with E-state index >= 15 is 0 Å². The number of ether oxygens (including phenoxy) is 1. The molecule has 1 rings (SSSR count). The Kier molecular flexibility index (Phi) is 5.49. The molecule has 0 aliphatic rings. The number of esters is 1. The highest BCUT2D eigenvalue weighted by Crippen LogP contribution is 2.10. The third kappa shape index (κ3) is 3.94. The zero-order valence-electron chi connectivity index (χ0n) is 10.1. The molecule has 1 aromatic rings. The molecule has 1 heterocycles. The van der Waals surface area contributed by atoms with E-state index < -0.39 is 0 Å². The summed E-state index contributed by atoms with van der Waals surface area (Å²) in [6.07, 6.45) is 0.984. The first-order valence-electron chi connectivity index (χ1n) is 5.54. The maximum atomic E-state index is 11.5. The topological polar surface area (TPSA) is 29.5 Å². The highest BCUT2D eigenvalue weighted by atomic mass is 32.1. The Morgan fingerprint density at radius 1 is 1.62 bits per heavy atom. The molecular formula is C12H19NO2S. The van der Waals surface area contributed by atoms with Gasteiger partial charge in [-0.3, -0.25) is 9.69 Å². The van der Waals surface area contributed by atoms with Gasteiger partial charge < -0.3 is 4.74 Å². The first kappa shape index (κ1) is 13.2. The number of hydrogen-bond donors (Lipinski definition) is 0. The van der Waals surface area contributed by atoms with E-state index in [-0.39, 0.29) is 12.0 Å². The van der Waals surface area contributed by atoms with Crippen LogP contribution in [0, 0.1) is 0 Å². The maximum absolute atomic E-state index is 11.5. The van der Waals surface area contributed by atoms with Crippen LogP contribution >= 0.6 is 11.3 Å². The summed E-state index contributed by atoms with van der Waals surface area (Å²) in [6.45, 7) is 5.03. The first-order valence-corrected chi connectivity index (χ1v) is 6.42. The second kappa shape index (κ2) is 6.66. The average Bonchev–Trinajstić information content (AvgIpc) is 2.78. The van der Waals surface area contributed by atoms with Crippen molar-refractivity contribution in [2.75, 3.05) is 20.2 Å². The molecule has 0 spiro atoms. The molecule has 0 aliphatic carbocycles. The van der Waals surface area contributed by atoms with E-state index in [2.05, 4.69) is 17.5 Å². The average molecular weight is 241 g/mol. The summed E-state index contributed by atoms with van der Waals surface area (Å²) in [6, 6.07) is 4.00. The first-order chi connectivity index (χ1) is 7.65. The molecular weight excluding hydrogens is 222 g/mol. The molecule has 16 heavy (non-hydrogen) atoms. The van der Waals surface area contributed by atoms with Crippen molar-refractivity contribution in [3.05, 3.63) is 22.4 Å². The maximum Gasteiger partial charge on any atom is 0.323 e. The largest absolute Gasteiger partial charge is 0.465 e. The molecule has 4 heteroatoms.